The number of benzene rings is 2. The van der Waals surface area contributed by atoms with Gasteiger partial charge in [0.05, 0.1) is 18.0 Å². The molecule has 0 saturated heterocycles. The SMILES string of the molecule is COc1ccc(-c2nnc([C@H](C)Sc3nnnn3-c3ccc(C)c(C)c3)o2)cc1. The van der Waals surface area contributed by atoms with Gasteiger partial charge in [-0.25, -0.2) is 0 Å². The van der Waals surface area contributed by atoms with Gasteiger partial charge in [0.15, 0.2) is 0 Å². The second kappa shape index (κ2) is 8.04. The van der Waals surface area contributed by atoms with Gasteiger partial charge >= 0.3 is 0 Å². The van der Waals surface area contributed by atoms with E-state index in [0.29, 0.717) is 16.9 Å². The molecular weight excluding hydrogens is 388 g/mol. The molecule has 0 spiro atoms. The van der Waals surface area contributed by atoms with E-state index in [-0.39, 0.29) is 5.25 Å². The van der Waals surface area contributed by atoms with E-state index < -0.39 is 0 Å². The van der Waals surface area contributed by atoms with Crippen molar-refractivity contribution in [2.45, 2.75) is 31.2 Å². The quantitative estimate of drug-likeness (QED) is 0.439. The van der Waals surface area contributed by atoms with Gasteiger partial charge in [0.1, 0.15) is 5.75 Å². The molecule has 0 bridgehead atoms. The minimum absolute atomic E-state index is 0.120. The predicted octanol–water partition coefficient (Wildman–Crippen LogP) is 4.19. The lowest BCUT2D eigenvalue weighted by Crippen LogP contribution is -2.01. The second-order valence-corrected chi connectivity index (χ2v) is 7.88. The fraction of sp³-hybridized carbons (Fsp3) is 0.250. The summed E-state index contributed by atoms with van der Waals surface area (Å²) in [7, 11) is 1.63. The van der Waals surface area contributed by atoms with Crippen LogP contribution in [-0.2, 0) is 0 Å². The number of nitrogens with zero attached hydrogens (tertiary/aromatic N) is 6. The zero-order valence-corrected chi connectivity index (χ0v) is 17.3. The summed E-state index contributed by atoms with van der Waals surface area (Å²) >= 11 is 1.46. The van der Waals surface area contributed by atoms with Crippen molar-refractivity contribution < 1.29 is 9.15 Å². The molecule has 1 atom stereocenters. The van der Waals surface area contributed by atoms with Gasteiger partial charge in [0.25, 0.3) is 0 Å². The molecule has 0 N–H and O–H groups in total. The molecule has 0 aliphatic carbocycles. The molecule has 148 valence electrons. The van der Waals surface area contributed by atoms with Crippen LogP contribution in [0.3, 0.4) is 0 Å². The van der Waals surface area contributed by atoms with Crippen LogP contribution in [0.15, 0.2) is 52.0 Å². The molecule has 4 aromatic rings. The van der Waals surface area contributed by atoms with E-state index in [0.717, 1.165) is 17.0 Å². The highest BCUT2D eigenvalue weighted by Gasteiger charge is 2.20. The molecule has 4 rings (SSSR count). The summed E-state index contributed by atoms with van der Waals surface area (Å²) in [5, 5.41) is 21.0. The lowest BCUT2D eigenvalue weighted by Gasteiger charge is -2.09. The Morgan fingerprint density at radius 3 is 2.52 bits per heavy atom. The van der Waals surface area contributed by atoms with Crippen molar-refractivity contribution in [3.05, 3.63) is 59.5 Å². The molecule has 2 aromatic carbocycles. The Morgan fingerprint density at radius 1 is 1.00 bits per heavy atom. The van der Waals surface area contributed by atoms with Crippen molar-refractivity contribution in [2.24, 2.45) is 0 Å². The lowest BCUT2D eigenvalue weighted by molar-refractivity contribution is 0.415. The molecule has 0 fully saturated rings. The number of methoxy groups -OCH3 is 1. The second-order valence-electron chi connectivity index (χ2n) is 6.58. The average molecular weight is 408 g/mol. The highest BCUT2D eigenvalue weighted by Crippen LogP contribution is 2.34. The van der Waals surface area contributed by atoms with Gasteiger partial charge in [0.2, 0.25) is 16.9 Å². The van der Waals surface area contributed by atoms with E-state index in [2.05, 4.69) is 51.7 Å². The smallest absolute Gasteiger partial charge is 0.247 e. The van der Waals surface area contributed by atoms with E-state index in [1.54, 1.807) is 11.8 Å². The minimum Gasteiger partial charge on any atom is -0.497 e. The Morgan fingerprint density at radius 2 is 1.79 bits per heavy atom. The van der Waals surface area contributed by atoms with Crippen LogP contribution >= 0.6 is 11.8 Å². The molecule has 8 nitrogen and oxygen atoms in total. The summed E-state index contributed by atoms with van der Waals surface area (Å²) in [5.74, 6) is 1.75. The molecule has 2 heterocycles. The van der Waals surface area contributed by atoms with Crippen molar-refractivity contribution in [3.8, 4) is 22.9 Å². The third-order valence-electron chi connectivity index (χ3n) is 4.58. The average Bonchev–Trinajstić information content (AvgIpc) is 3.40. The van der Waals surface area contributed by atoms with Crippen molar-refractivity contribution in [1.82, 2.24) is 30.4 Å². The standard InChI is InChI=1S/C20H20N6O2S/c1-12-5-8-16(11-13(12)2)26-20(23-24-25-26)29-14(3)18-21-22-19(28-18)15-6-9-17(27-4)10-7-15/h5-11,14H,1-4H3/t14-/m0/s1. The number of hydrogen-bond acceptors (Lipinski definition) is 8. The summed E-state index contributed by atoms with van der Waals surface area (Å²) in [6.45, 7) is 6.12. The van der Waals surface area contributed by atoms with Gasteiger partial charge in [0, 0.05) is 5.56 Å². The number of tetrazole rings is 1. The first-order chi connectivity index (χ1) is 14.0. The largest absolute Gasteiger partial charge is 0.497 e. The van der Waals surface area contributed by atoms with Gasteiger partial charge in [-0.2, -0.15) is 4.68 Å². The number of rotatable bonds is 6. The van der Waals surface area contributed by atoms with Gasteiger partial charge in [-0.3, -0.25) is 0 Å². The topological polar surface area (TPSA) is 91.8 Å². The summed E-state index contributed by atoms with van der Waals surface area (Å²) in [6.07, 6.45) is 0. The Balaban J connectivity index is 1.53. The first-order valence-electron chi connectivity index (χ1n) is 9.05. The summed E-state index contributed by atoms with van der Waals surface area (Å²) in [6, 6.07) is 13.6. The van der Waals surface area contributed by atoms with Crippen LogP contribution in [0.1, 0.15) is 29.2 Å². The van der Waals surface area contributed by atoms with E-state index in [1.807, 2.05) is 37.3 Å². The van der Waals surface area contributed by atoms with Crippen molar-refractivity contribution in [3.63, 3.8) is 0 Å². The number of ether oxygens (including phenoxy) is 1. The third-order valence-corrected chi connectivity index (χ3v) is 5.60. The predicted molar refractivity (Wildman–Crippen MR) is 109 cm³/mol. The van der Waals surface area contributed by atoms with Crippen LogP contribution in [0.5, 0.6) is 5.75 Å². The summed E-state index contributed by atoms with van der Waals surface area (Å²) < 4.78 is 12.8. The zero-order chi connectivity index (χ0) is 20.4. The first kappa shape index (κ1) is 19.1. The molecule has 0 amide bonds. The molecule has 0 aliphatic heterocycles. The highest BCUT2D eigenvalue weighted by molar-refractivity contribution is 7.99. The number of aryl methyl sites for hydroxylation is 2. The maximum Gasteiger partial charge on any atom is 0.247 e. The van der Waals surface area contributed by atoms with E-state index >= 15 is 0 Å². The van der Waals surface area contributed by atoms with Crippen LogP contribution in [0.2, 0.25) is 0 Å². The minimum atomic E-state index is -0.120. The van der Waals surface area contributed by atoms with Crippen molar-refractivity contribution in [1.29, 1.82) is 0 Å². The Hall–Kier alpha value is -3.20. The molecule has 0 radical (unpaired) electrons. The molecule has 0 aliphatic rings. The van der Waals surface area contributed by atoms with E-state index in [4.69, 9.17) is 9.15 Å². The zero-order valence-electron chi connectivity index (χ0n) is 16.5. The maximum absolute atomic E-state index is 5.87. The number of hydrogen-bond donors (Lipinski definition) is 0. The Labute approximate surface area is 172 Å². The Bertz CT molecular complexity index is 1120. The van der Waals surface area contributed by atoms with Crippen molar-refractivity contribution >= 4 is 11.8 Å². The van der Waals surface area contributed by atoms with Crippen LogP contribution in [0.4, 0.5) is 0 Å². The van der Waals surface area contributed by atoms with Crippen LogP contribution in [-0.4, -0.2) is 37.5 Å². The van der Waals surface area contributed by atoms with Crippen molar-refractivity contribution in [2.75, 3.05) is 7.11 Å². The van der Waals surface area contributed by atoms with Gasteiger partial charge in [-0.1, -0.05) is 17.8 Å². The molecule has 0 saturated carbocycles. The van der Waals surface area contributed by atoms with Gasteiger partial charge in [-0.15, -0.1) is 15.3 Å². The lowest BCUT2D eigenvalue weighted by atomic mass is 10.1. The van der Waals surface area contributed by atoms with Gasteiger partial charge < -0.3 is 9.15 Å². The van der Waals surface area contributed by atoms with E-state index in [1.165, 1.54) is 22.9 Å². The maximum atomic E-state index is 5.87. The fourth-order valence-corrected chi connectivity index (χ4v) is 3.57. The number of thioether (sulfide) groups is 1. The molecule has 2 aromatic heterocycles. The molecule has 29 heavy (non-hydrogen) atoms. The molecular formula is C20H20N6O2S. The van der Waals surface area contributed by atoms with Gasteiger partial charge in [-0.05, 0) is 78.7 Å². The summed E-state index contributed by atoms with van der Waals surface area (Å²) in [5.41, 5.74) is 4.16. The van der Waals surface area contributed by atoms with E-state index in [9.17, 15) is 0 Å². The highest BCUT2D eigenvalue weighted by atomic mass is 32.2. The molecule has 9 heteroatoms. The first-order valence-corrected chi connectivity index (χ1v) is 9.93. The third kappa shape index (κ3) is 4.00. The summed E-state index contributed by atoms with van der Waals surface area (Å²) in [4.78, 5) is 0. The molecule has 0 unspecified atom stereocenters. The fourth-order valence-electron chi connectivity index (χ4n) is 2.73. The Kier molecular flexibility index (Phi) is 5.30. The normalized spacial score (nSPS) is 12.1. The van der Waals surface area contributed by atoms with Crippen LogP contribution in [0, 0.1) is 13.8 Å². The van der Waals surface area contributed by atoms with Crippen LogP contribution in [0.25, 0.3) is 17.1 Å². The monoisotopic (exact) mass is 408 g/mol. The van der Waals surface area contributed by atoms with Crippen LogP contribution < -0.4 is 4.74 Å². The number of aromatic nitrogens is 6.